The molecule has 0 spiro atoms. The first kappa shape index (κ1) is 20.3. The number of carbonyl (C=O) groups is 2. The minimum Gasteiger partial charge on any atom is -0.478 e. The van der Waals surface area contributed by atoms with Crippen molar-refractivity contribution in [1.82, 2.24) is 5.32 Å². The van der Waals surface area contributed by atoms with Crippen LogP contribution in [0.15, 0.2) is 66.7 Å². The molecule has 7 nitrogen and oxygen atoms in total. The highest BCUT2D eigenvalue weighted by Crippen LogP contribution is 2.23. The second kappa shape index (κ2) is 9.18. The lowest BCUT2D eigenvalue weighted by atomic mass is 9.99. The topological polar surface area (TPSA) is 116 Å². The standard InChI is InChI=1S/C22H21NO6/c24-19(12-23-22(28)29-13-14-4-2-1-3-5-14)20(25)17-8-6-16-11-18(21(26)27)9-7-15(16)10-17/h1-11,19-20,24-25H,12-13H2,(H,23,28)(H,26,27). The lowest BCUT2D eigenvalue weighted by Gasteiger charge is -2.19. The van der Waals surface area contributed by atoms with E-state index in [0.717, 1.165) is 10.9 Å². The first-order valence-electron chi connectivity index (χ1n) is 9.02. The smallest absolute Gasteiger partial charge is 0.407 e. The van der Waals surface area contributed by atoms with E-state index in [1.54, 1.807) is 24.3 Å². The molecule has 0 aliphatic rings. The molecule has 0 aromatic heterocycles. The van der Waals surface area contributed by atoms with Gasteiger partial charge in [-0.3, -0.25) is 0 Å². The zero-order valence-electron chi connectivity index (χ0n) is 15.5. The number of aromatic carboxylic acids is 1. The third kappa shape index (κ3) is 5.31. The summed E-state index contributed by atoms with van der Waals surface area (Å²) in [5, 5.41) is 33.5. The summed E-state index contributed by atoms with van der Waals surface area (Å²) < 4.78 is 5.06. The van der Waals surface area contributed by atoms with Crippen LogP contribution in [0.2, 0.25) is 0 Å². The third-order valence-electron chi connectivity index (χ3n) is 4.49. The second-order valence-electron chi connectivity index (χ2n) is 6.58. The molecule has 0 heterocycles. The van der Waals surface area contributed by atoms with Crippen molar-refractivity contribution in [2.75, 3.05) is 6.54 Å². The number of ether oxygens (including phenoxy) is 1. The molecule has 0 aliphatic heterocycles. The first-order chi connectivity index (χ1) is 13.9. The van der Waals surface area contributed by atoms with Crippen LogP contribution in [0.5, 0.6) is 0 Å². The fraction of sp³-hybridized carbons (Fsp3) is 0.182. The van der Waals surface area contributed by atoms with Gasteiger partial charge >= 0.3 is 12.1 Å². The van der Waals surface area contributed by atoms with E-state index < -0.39 is 24.3 Å². The lowest BCUT2D eigenvalue weighted by Crippen LogP contribution is -2.35. The largest absolute Gasteiger partial charge is 0.478 e. The molecule has 0 saturated heterocycles. The van der Waals surface area contributed by atoms with E-state index in [1.807, 2.05) is 30.3 Å². The van der Waals surface area contributed by atoms with Crippen molar-refractivity contribution in [3.63, 3.8) is 0 Å². The van der Waals surface area contributed by atoms with Crippen molar-refractivity contribution in [3.05, 3.63) is 83.4 Å². The van der Waals surface area contributed by atoms with E-state index >= 15 is 0 Å². The van der Waals surface area contributed by atoms with Gasteiger partial charge in [0, 0.05) is 6.54 Å². The molecule has 0 bridgehead atoms. The number of alkyl carbamates (subject to hydrolysis) is 1. The number of aliphatic hydroxyl groups excluding tert-OH is 2. The molecule has 1 amide bonds. The molecule has 2 atom stereocenters. The normalized spacial score (nSPS) is 12.9. The molecule has 3 aromatic rings. The highest BCUT2D eigenvalue weighted by Gasteiger charge is 2.20. The Labute approximate surface area is 167 Å². The Morgan fingerprint density at radius 2 is 1.62 bits per heavy atom. The predicted molar refractivity (Wildman–Crippen MR) is 107 cm³/mol. The maximum absolute atomic E-state index is 11.8. The maximum Gasteiger partial charge on any atom is 0.407 e. The van der Waals surface area contributed by atoms with Gasteiger partial charge in [0.15, 0.2) is 0 Å². The molecule has 3 rings (SSSR count). The number of carboxylic acid groups (broad SMARTS) is 1. The van der Waals surface area contributed by atoms with Crippen molar-refractivity contribution in [2.24, 2.45) is 0 Å². The Hall–Kier alpha value is -3.42. The second-order valence-corrected chi connectivity index (χ2v) is 6.58. The van der Waals surface area contributed by atoms with Gasteiger partial charge in [0.2, 0.25) is 0 Å². The van der Waals surface area contributed by atoms with Crippen LogP contribution in [-0.4, -0.2) is 40.0 Å². The van der Waals surface area contributed by atoms with Gasteiger partial charge in [-0.15, -0.1) is 0 Å². The van der Waals surface area contributed by atoms with Crippen molar-refractivity contribution < 1.29 is 29.6 Å². The van der Waals surface area contributed by atoms with E-state index in [4.69, 9.17) is 9.84 Å². The van der Waals surface area contributed by atoms with E-state index in [2.05, 4.69) is 5.32 Å². The first-order valence-corrected chi connectivity index (χ1v) is 9.02. The molecule has 0 radical (unpaired) electrons. The van der Waals surface area contributed by atoms with Gasteiger partial charge in [-0.2, -0.15) is 0 Å². The minimum atomic E-state index is -1.24. The van der Waals surface area contributed by atoms with Crippen LogP contribution in [0.1, 0.15) is 27.6 Å². The van der Waals surface area contributed by atoms with Crippen molar-refractivity contribution in [1.29, 1.82) is 0 Å². The van der Waals surface area contributed by atoms with Gasteiger partial charge in [0.1, 0.15) is 18.8 Å². The number of amides is 1. The molecule has 0 saturated carbocycles. The Balaban J connectivity index is 1.56. The van der Waals surface area contributed by atoms with Crippen molar-refractivity contribution >= 4 is 22.8 Å². The number of nitrogens with one attached hydrogen (secondary N) is 1. The summed E-state index contributed by atoms with van der Waals surface area (Å²) in [6.45, 7) is -0.0842. The third-order valence-corrected chi connectivity index (χ3v) is 4.49. The van der Waals surface area contributed by atoms with Crippen LogP contribution < -0.4 is 5.32 Å². The Morgan fingerprint density at radius 1 is 0.931 bits per heavy atom. The summed E-state index contributed by atoms with van der Waals surface area (Å²) in [6, 6.07) is 18.8. The number of fused-ring (bicyclic) bond motifs is 1. The average Bonchev–Trinajstić information content (AvgIpc) is 2.75. The summed E-state index contributed by atoms with van der Waals surface area (Å²) in [4.78, 5) is 22.8. The molecular formula is C22H21NO6. The number of carbonyl (C=O) groups excluding carboxylic acids is 1. The number of carboxylic acids is 1. The monoisotopic (exact) mass is 395 g/mol. The molecule has 0 fully saturated rings. The molecule has 4 N–H and O–H groups in total. The molecule has 29 heavy (non-hydrogen) atoms. The molecule has 0 aliphatic carbocycles. The zero-order valence-corrected chi connectivity index (χ0v) is 15.5. The number of aliphatic hydroxyl groups is 2. The Morgan fingerprint density at radius 3 is 2.34 bits per heavy atom. The zero-order chi connectivity index (χ0) is 20.8. The fourth-order valence-corrected chi connectivity index (χ4v) is 2.88. The van der Waals surface area contributed by atoms with Crippen LogP contribution in [0.3, 0.4) is 0 Å². The van der Waals surface area contributed by atoms with Crippen LogP contribution in [-0.2, 0) is 11.3 Å². The molecule has 2 unspecified atom stereocenters. The van der Waals surface area contributed by atoms with Gasteiger partial charge in [0.25, 0.3) is 0 Å². The maximum atomic E-state index is 11.8. The summed E-state index contributed by atoms with van der Waals surface area (Å²) in [7, 11) is 0. The molecular weight excluding hydrogens is 374 g/mol. The van der Waals surface area contributed by atoms with Gasteiger partial charge in [0.05, 0.1) is 5.56 Å². The van der Waals surface area contributed by atoms with Gasteiger partial charge in [-0.1, -0.05) is 48.5 Å². The van der Waals surface area contributed by atoms with E-state index in [1.165, 1.54) is 12.1 Å². The fourth-order valence-electron chi connectivity index (χ4n) is 2.88. The molecule has 150 valence electrons. The van der Waals surface area contributed by atoms with Crippen molar-refractivity contribution in [2.45, 2.75) is 18.8 Å². The number of hydrogen-bond donors (Lipinski definition) is 4. The summed E-state index contributed by atoms with van der Waals surface area (Å²) in [6.07, 6.45) is -3.16. The number of rotatable bonds is 7. The molecule has 7 heteroatoms. The number of benzene rings is 3. The average molecular weight is 395 g/mol. The Bertz CT molecular complexity index is 1000. The van der Waals surface area contributed by atoms with Crippen LogP contribution in [0.25, 0.3) is 10.8 Å². The highest BCUT2D eigenvalue weighted by molar-refractivity contribution is 5.94. The number of hydrogen-bond acceptors (Lipinski definition) is 5. The van der Waals surface area contributed by atoms with E-state index in [0.29, 0.717) is 10.9 Å². The van der Waals surface area contributed by atoms with Gasteiger partial charge in [-0.25, -0.2) is 9.59 Å². The highest BCUT2D eigenvalue weighted by atomic mass is 16.5. The Kier molecular flexibility index (Phi) is 6.43. The van der Waals surface area contributed by atoms with E-state index in [-0.39, 0.29) is 18.7 Å². The summed E-state index contributed by atoms with van der Waals surface area (Å²) in [5.41, 5.74) is 1.46. The van der Waals surface area contributed by atoms with Crippen LogP contribution in [0, 0.1) is 0 Å². The van der Waals surface area contributed by atoms with Gasteiger partial charge in [-0.05, 0) is 40.1 Å². The van der Waals surface area contributed by atoms with Gasteiger partial charge < -0.3 is 25.4 Å². The SMILES string of the molecule is O=C(NCC(O)C(O)c1ccc2cc(C(=O)O)ccc2c1)OCc1ccccc1. The van der Waals surface area contributed by atoms with Crippen LogP contribution >= 0.6 is 0 Å². The predicted octanol–water partition coefficient (Wildman–Crippen LogP) is 2.86. The van der Waals surface area contributed by atoms with Crippen LogP contribution in [0.4, 0.5) is 4.79 Å². The quantitative estimate of drug-likeness (QED) is 0.489. The van der Waals surface area contributed by atoms with E-state index in [9.17, 15) is 19.8 Å². The lowest BCUT2D eigenvalue weighted by molar-refractivity contribution is 0.0185. The summed E-state index contributed by atoms with van der Waals surface area (Å²) in [5.74, 6) is -1.02. The van der Waals surface area contributed by atoms with Crippen molar-refractivity contribution in [3.8, 4) is 0 Å². The summed E-state index contributed by atoms with van der Waals surface area (Å²) >= 11 is 0. The minimum absolute atomic E-state index is 0.105. The molecule has 3 aromatic carbocycles.